The minimum atomic E-state index is -4.70. The number of carboxylic acids is 1. The summed E-state index contributed by atoms with van der Waals surface area (Å²) in [6, 6.07) is 4.52. The lowest BCUT2D eigenvalue weighted by Gasteiger charge is -2.11. The monoisotopic (exact) mass is 300 g/mol. The highest BCUT2D eigenvalue weighted by Gasteiger charge is 2.35. The van der Waals surface area contributed by atoms with Gasteiger partial charge in [0.1, 0.15) is 11.4 Å². The maximum atomic E-state index is 12.7. The van der Waals surface area contributed by atoms with E-state index in [1.807, 2.05) is 0 Å². The number of aromatic nitrogens is 2. The van der Waals surface area contributed by atoms with E-state index in [0.717, 1.165) is 23.9 Å². The molecule has 0 aliphatic heterocycles. The minimum absolute atomic E-state index is 0.356. The number of alkyl halides is 3. The fourth-order valence-electron chi connectivity index (χ4n) is 1.47. The van der Waals surface area contributed by atoms with Crippen LogP contribution in [0, 0.1) is 0 Å². The van der Waals surface area contributed by atoms with Gasteiger partial charge in [0.15, 0.2) is 0 Å². The summed E-state index contributed by atoms with van der Waals surface area (Å²) in [5, 5.41) is 9.39. The van der Waals surface area contributed by atoms with Crippen LogP contribution in [-0.4, -0.2) is 21.0 Å². The van der Waals surface area contributed by atoms with E-state index in [4.69, 9.17) is 5.11 Å². The fraction of sp³-hybridized carbons (Fsp3) is 0.0833. The maximum absolute atomic E-state index is 12.7. The molecular weight excluding hydrogens is 293 g/mol. The minimum Gasteiger partial charge on any atom is -0.478 e. The second-order valence-electron chi connectivity index (χ2n) is 3.66. The Morgan fingerprint density at radius 3 is 2.55 bits per heavy atom. The smallest absolute Gasteiger partial charge is 0.417 e. The van der Waals surface area contributed by atoms with Gasteiger partial charge in [-0.25, -0.2) is 14.8 Å². The number of nitrogens with zero attached hydrogens (tertiary/aromatic N) is 2. The van der Waals surface area contributed by atoms with Crippen LogP contribution in [0.4, 0.5) is 13.2 Å². The van der Waals surface area contributed by atoms with Gasteiger partial charge in [-0.1, -0.05) is 11.8 Å². The molecule has 20 heavy (non-hydrogen) atoms. The van der Waals surface area contributed by atoms with Gasteiger partial charge in [0, 0.05) is 11.1 Å². The summed E-state index contributed by atoms with van der Waals surface area (Å²) < 4.78 is 38.0. The van der Waals surface area contributed by atoms with Crippen LogP contribution < -0.4 is 0 Å². The van der Waals surface area contributed by atoms with Crippen LogP contribution in [0.1, 0.15) is 15.9 Å². The molecule has 0 amide bonds. The molecular formula is C12H7F3N2O2S. The van der Waals surface area contributed by atoms with E-state index in [1.54, 1.807) is 6.07 Å². The molecule has 0 aliphatic rings. The zero-order chi connectivity index (χ0) is 14.8. The summed E-state index contributed by atoms with van der Waals surface area (Å²) in [6.07, 6.45) is -1.92. The van der Waals surface area contributed by atoms with Crippen molar-refractivity contribution in [3.05, 3.63) is 47.9 Å². The summed E-state index contributed by atoms with van der Waals surface area (Å²) in [5.41, 5.74) is -1.95. The molecule has 1 aromatic heterocycles. The zero-order valence-corrected chi connectivity index (χ0v) is 10.6. The van der Waals surface area contributed by atoms with Crippen LogP contribution in [-0.2, 0) is 6.18 Å². The molecule has 0 fully saturated rings. The van der Waals surface area contributed by atoms with E-state index >= 15 is 0 Å². The summed E-state index contributed by atoms with van der Waals surface area (Å²) in [4.78, 5) is 18.9. The van der Waals surface area contributed by atoms with Gasteiger partial charge in [0.25, 0.3) is 0 Å². The van der Waals surface area contributed by atoms with Crippen molar-refractivity contribution in [3.8, 4) is 0 Å². The number of rotatable bonds is 3. The molecule has 0 unspecified atom stereocenters. The van der Waals surface area contributed by atoms with Crippen molar-refractivity contribution in [2.75, 3.05) is 0 Å². The Bertz CT molecular complexity index is 632. The lowest BCUT2D eigenvalue weighted by atomic mass is 10.1. The number of carbonyl (C=O) groups is 1. The van der Waals surface area contributed by atoms with Gasteiger partial charge in [-0.15, -0.1) is 0 Å². The predicted molar refractivity (Wildman–Crippen MR) is 64.6 cm³/mol. The van der Waals surface area contributed by atoms with Crippen LogP contribution in [0.5, 0.6) is 0 Å². The molecule has 104 valence electrons. The van der Waals surface area contributed by atoms with Crippen LogP contribution >= 0.6 is 11.8 Å². The number of aromatic carboxylic acids is 1. The Morgan fingerprint density at radius 1 is 1.25 bits per heavy atom. The molecule has 0 saturated heterocycles. The van der Waals surface area contributed by atoms with Gasteiger partial charge in [-0.05, 0) is 24.3 Å². The molecule has 2 rings (SSSR count). The van der Waals surface area contributed by atoms with E-state index < -0.39 is 23.3 Å². The van der Waals surface area contributed by atoms with Crippen molar-refractivity contribution < 1.29 is 23.1 Å². The first-order valence-electron chi connectivity index (χ1n) is 5.26. The molecule has 0 spiro atoms. The lowest BCUT2D eigenvalue weighted by Crippen LogP contribution is -2.12. The summed E-state index contributed by atoms with van der Waals surface area (Å²) in [5.74, 6) is -1.62. The molecule has 0 saturated carbocycles. The average molecular weight is 300 g/mol. The summed E-state index contributed by atoms with van der Waals surface area (Å²) in [6.45, 7) is 0. The third kappa shape index (κ3) is 3.27. The summed E-state index contributed by atoms with van der Waals surface area (Å²) >= 11 is 1.06. The SMILES string of the molecule is O=C(O)c1cc(Sc2ccncn2)ccc1C(F)(F)F. The van der Waals surface area contributed by atoms with E-state index in [1.165, 1.54) is 18.6 Å². The van der Waals surface area contributed by atoms with Crippen LogP contribution in [0.2, 0.25) is 0 Å². The number of hydrogen-bond acceptors (Lipinski definition) is 4. The summed E-state index contributed by atoms with van der Waals surface area (Å²) in [7, 11) is 0. The molecule has 1 heterocycles. The molecule has 2 aromatic rings. The molecule has 4 nitrogen and oxygen atoms in total. The normalized spacial score (nSPS) is 11.3. The Morgan fingerprint density at radius 2 is 2.00 bits per heavy atom. The van der Waals surface area contributed by atoms with E-state index in [2.05, 4.69) is 9.97 Å². The number of halogens is 3. The number of carboxylic acid groups (broad SMARTS) is 1. The van der Waals surface area contributed by atoms with Crippen molar-refractivity contribution in [2.45, 2.75) is 16.1 Å². The van der Waals surface area contributed by atoms with Crippen molar-refractivity contribution in [1.82, 2.24) is 9.97 Å². The van der Waals surface area contributed by atoms with Gasteiger partial charge in [0.2, 0.25) is 0 Å². The molecule has 0 radical (unpaired) electrons. The first-order valence-corrected chi connectivity index (χ1v) is 6.08. The standard InChI is InChI=1S/C12H7F3N2O2S/c13-12(14,15)9-2-1-7(5-8(9)11(18)19)20-10-3-4-16-6-17-10/h1-6H,(H,18,19). The Hall–Kier alpha value is -2.09. The second-order valence-corrected chi connectivity index (χ2v) is 4.75. The van der Waals surface area contributed by atoms with Crippen LogP contribution in [0.3, 0.4) is 0 Å². The Kier molecular flexibility index (Phi) is 3.93. The quantitative estimate of drug-likeness (QED) is 0.881. The third-order valence-corrected chi connectivity index (χ3v) is 3.24. The van der Waals surface area contributed by atoms with Gasteiger partial charge in [-0.3, -0.25) is 0 Å². The van der Waals surface area contributed by atoms with E-state index in [-0.39, 0.29) is 0 Å². The van der Waals surface area contributed by atoms with Gasteiger partial charge in [-0.2, -0.15) is 13.2 Å². The second kappa shape index (κ2) is 5.49. The first-order chi connectivity index (χ1) is 9.38. The molecule has 1 N–H and O–H groups in total. The average Bonchev–Trinajstić information content (AvgIpc) is 2.38. The highest BCUT2D eigenvalue weighted by atomic mass is 32.2. The van der Waals surface area contributed by atoms with Crippen molar-refractivity contribution in [1.29, 1.82) is 0 Å². The number of hydrogen-bond donors (Lipinski definition) is 1. The Labute approximate surface area is 115 Å². The molecule has 0 bridgehead atoms. The Balaban J connectivity index is 2.38. The topological polar surface area (TPSA) is 63.1 Å². The molecule has 0 aliphatic carbocycles. The van der Waals surface area contributed by atoms with Crippen LogP contribution in [0.25, 0.3) is 0 Å². The maximum Gasteiger partial charge on any atom is 0.417 e. The lowest BCUT2D eigenvalue weighted by molar-refractivity contribution is -0.138. The third-order valence-electron chi connectivity index (χ3n) is 2.30. The molecule has 1 aromatic carbocycles. The first kappa shape index (κ1) is 14.3. The van der Waals surface area contributed by atoms with Gasteiger partial charge in [0.05, 0.1) is 11.1 Å². The van der Waals surface area contributed by atoms with Crippen LogP contribution in [0.15, 0.2) is 46.7 Å². The zero-order valence-electron chi connectivity index (χ0n) is 9.76. The predicted octanol–water partition coefficient (Wildman–Crippen LogP) is 3.34. The highest BCUT2D eigenvalue weighted by molar-refractivity contribution is 7.99. The molecule has 8 heteroatoms. The fourth-order valence-corrected chi connectivity index (χ4v) is 2.25. The highest BCUT2D eigenvalue weighted by Crippen LogP contribution is 2.35. The van der Waals surface area contributed by atoms with E-state index in [0.29, 0.717) is 9.92 Å². The van der Waals surface area contributed by atoms with Crippen molar-refractivity contribution in [2.24, 2.45) is 0 Å². The van der Waals surface area contributed by atoms with Crippen molar-refractivity contribution >= 4 is 17.7 Å². The van der Waals surface area contributed by atoms with Crippen molar-refractivity contribution in [3.63, 3.8) is 0 Å². The van der Waals surface area contributed by atoms with Gasteiger partial charge >= 0.3 is 12.1 Å². The van der Waals surface area contributed by atoms with Gasteiger partial charge < -0.3 is 5.11 Å². The largest absolute Gasteiger partial charge is 0.478 e. The van der Waals surface area contributed by atoms with E-state index in [9.17, 15) is 18.0 Å². The number of benzene rings is 1. The molecule has 0 atom stereocenters.